The van der Waals surface area contributed by atoms with Crippen molar-refractivity contribution in [2.75, 3.05) is 5.73 Å². The molecule has 2 N–H and O–H groups in total. The van der Waals surface area contributed by atoms with Gasteiger partial charge in [-0.25, -0.2) is 4.98 Å². The summed E-state index contributed by atoms with van der Waals surface area (Å²) in [5.41, 5.74) is 8.36. The van der Waals surface area contributed by atoms with Gasteiger partial charge in [0, 0.05) is 12.3 Å². The molecule has 0 unspecified atom stereocenters. The largest absolute Gasteiger partial charge is 0.368 e. The Labute approximate surface area is 119 Å². The normalized spacial score (nSPS) is 15.7. The Morgan fingerprint density at radius 3 is 2.60 bits per heavy atom. The second-order valence-electron chi connectivity index (χ2n) is 5.55. The number of nitrogen functional groups attached to an aromatic ring is 1. The third kappa shape index (κ3) is 2.79. The Hall–Kier alpha value is -1.97. The minimum absolute atomic E-state index is 0.352. The molecule has 3 rings (SSSR count). The molecule has 0 amide bonds. The number of benzene rings is 1. The third-order valence-corrected chi connectivity index (χ3v) is 4.05. The van der Waals surface area contributed by atoms with E-state index in [0.717, 1.165) is 18.1 Å². The molecule has 1 heterocycles. The maximum Gasteiger partial charge on any atom is 0.223 e. The van der Waals surface area contributed by atoms with E-state index >= 15 is 0 Å². The van der Waals surface area contributed by atoms with E-state index in [1.807, 2.05) is 12.1 Å². The number of nitrogens with two attached hydrogens (primary N) is 1. The fraction of sp³-hybridized carbons (Fsp3) is 0.438. The average molecular weight is 268 g/mol. The van der Waals surface area contributed by atoms with E-state index in [1.54, 1.807) is 0 Å². The van der Waals surface area contributed by atoms with Crippen molar-refractivity contribution in [2.24, 2.45) is 0 Å². The summed E-state index contributed by atoms with van der Waals surface area (Å²) in [6.45, 7) is 2.11. The minimum Gasteiger partial charge on any atom is -0.368 e. The van der Waals surface area contributed by atoms with E-state index in [2.05, 4.69) is 34.0 Å². The lowest BCUT2D eigenvalue weighted by molar-refractivity contribution is 0.654. The topological polar surface area (TPSA) is 64.7 Å². The van der Waals surface area contributed by atoms with Crippen LogP contribution in [-0.2, 0) is 6.42 Å². The lowest BCUT2D eigenvalue weighted by Gasteiger charge is -2.10. The molecule has 1 saturated carbocycles. The maximum atomic E-state index is 5.86. The van der Waals surface area contributed by atoms with Gasteiger partial charge in [-0.05, 0) is 30.9 Å². The first kappa shape index (κ1) is 13.0. The molecule has 1 aliphatic carbocycles. The standard InChI is InChI=1S/C16H20N4/c1-11-6-2-3-9-13(11)10-14-18-15(20-16(17)19-14)12-7-4-5-8-12/h2-3,6,9,12H,4-5,7-8,10H2,1H3,(H2,17,18,19,20). The zero-order valence-electron chi connectivity index (χ0n) is 11.8. The highest BCUT2D eigenvalue weighted by atomic mass is 15.1. The van der Waals surface area contributed by atoms with Gasteiger partial charge in [0.15, 0.2) is 0 Å². The predicted molar refractivity (Wildman–Crippen MR) is 79.4 cm³/mol. The molecule has 1 aromatic carbocycles. The number of hydrogen-bond acceptors (Lipinski definition) is 4. The molecule has 0 bridgehead atoms. The van der Waals surface area contributed by atoms with E-state index in [-0.39, 0.29) is 0 Å². The monoisotopic (exact) mass is 268 g/mol. The molecular formula is C16H20N4. The Balaban J connectivity index is 1.88. The lowest BCUT2D eigenvalue weighted by Crippen LogP contribution is -2.10. The Morgan fingerprint density at radius 2 is 1.85 bits per heavy atom. The summed E-state index contributed by atoms with van der Waals surface area (Å²) in [5.74, 6) is 2.49. The van der Waals surface area contributed by atoms with Crippen molar-refractivity contribution < 1.29 is 0 Å². The van der Waals surface area contributed by atoms with E-state index in [1.165, 1.54) is 36.8 Å². The molecule has 0 radical (unpaired) electrons. The van der Waals surface area contributed by atoms with Gasteiger partial charge in [0.2, 0.25) is 5.95 Å². The zero-order chi connectivity index (χ0) is 13.9. The van der Waals surface area contributed by atoms with Gasteiger partial charge in [-0.2, -0.15) is 9.97 Å². The van der Waals surface area contributed by atoms with Crippen LogP contribution in [0.5, 0.6) is 0 Å². The first-order valence-electron chi connectivity index (χ1n) is 7.27. The molecule has 2 aromatic rings. The zero-order valence-corrected chi connectivity index (χ0v) is 11.8. The van der Waals surface area contributed by atoms with Gasteiger partial charge >= 0.3 is 0 Å². The molecule has 0 spiro atoms. The number of nitrogens with zero attached hydrogens (tertiary/aromatic N) is 3. The number of anilines is 1. The van der Waals surface area contributed by atoms with Gasteiger partial charge in [0.05, 0.1) is 0 Å². The minimum atomic E-state index is 0.352. The number of rotatable bonds is 3. The molecule has 20 heavy (non-hydrogen) atoms. The van der Waals surface area contributed by atoms with Crippen LogP contribution < -0.4 is 5.73 Å². The van der Waals surface area contributed by atoms with Crippen LogP contribution in [0.2, 0.25) is 0 Å². The Morgan fingerprint density at radius 1 is 1.10 bits per heavy atom. The highest BCUT2D eigenvalue weighted by Gasteiger charge is 2.21. The highest BCUT2D eigenvalue weighted by Crippen LogP contribution is 2.32. The van der Waals surface area contributed by atoms with Crippen molar-refractivity contribution in [1.82, 2.24) is 15.0 Å². The smallest absolute Gasteiger partial charge is 0.223 e. The molecule has 104 valence electrons. The molecule has 1 aliphatic rings. The van der Waals surface area contributed by atoms with Gasteiger partial charge < -0.3 is 5.73 Å². The summed E-state index contributed by atoms with van der Waals surface area (Å²) >= 11 is 0. The van der Waals surface area contributed by atoms with Crippen LogP contribution in [0.25, 0.3) is 0 Å². The molecule has 4 nitrogen and oxygen atoms in total. The van der Waals surface area contributed by atoms with Crippen molar-refractivity contribution in [2.45, 2.75) is 44.9 Å². The average Bonchev–Trinajstić information content (AvgIpc) is 2.95. The van der Waals surface area contributed by atoms with Crippen molar-refractivity contribution >= 4 is 5.95 Å². The first-order chi connectivity index (χ1) is 9.72. The third-order valence-electron chi connectivity index (χ3n) is 4.05. The van der Waals surface area contributed by atoms with Gasteiger partial charge in [-0.1, -0.05) is 37.1 Å². The second kappa shape index (κ2) is 5.57. The van der Waals surface area contributed by atoms with Gasteiger partial charge in [0.1, 0.15) is 11.6 Å². The number of aryl methyl sites for hydroxylation is 1. The van der Waals surface area contributed by atoms with Crippen LogP contribution in [0.3, 0.4) is 0 Å². The quantitative estimate of drug-likeness (QED) is 0.929. The van der Waals surface area contributed by atoms with Crippen LogP contribution in [0.15, 0.2) is 24.3 Å². The number of aromatic nitrogens is 3. The van der Waals surface area contributed by atoms with Gasteiger partial charge in [-0.3, -0.25) is 0 Å². The second-order valence-corrected chi connectivity index (χ2v) is 5.55. The van der Waals surface area contributed by atoms with Crippen molar-refractivity contribution in [3.05, 3.63) is 47.0 Å². The van der Waals surface area contributed by atoms with Crippen LogP contribution >= 0.6 is 0 Å². The molecule has 0 saturated heterocycles. The van der Waals surface area contributed by atoms with E-state index < -0.39 is 0 Å². The van der Waals surface area contributed by atoms with Crippen LogP contribution in [0, 0.1) is 6.92 Å². The Bertz CT molecular complexity index is 603. The number of hydrogen-bond donors (Lipinski definition) is 1. The van der Waals surface area contributed by atoms with E-state index in [0.29, 0.717) is 11.9 Å². The summed E-state index contributed by atoms with van der Waals surface area (Å²) in [6.07, 6.45) is 5.60. The first-order valence-corrected chi connectivity index (χ1v) is 7.27. The van der Waals surface area contributed by atoms with Crippen LogP contribution in [0.1, 0.15) is 54.4 Å². The lowest BCUT2D eigenvalue weighted by atomic mass is 10.1. The maximum absolute atomic E-state index is 5.86. The molecule has 1 fully saturated rings. The summed E-state index contributed by atoms with van der Waals surface area (Å²) in [4.78, 5) is 13.3. The van der Waals surface area contributed by atoms with Crippen molar-refractivity contribution in [3.8, 4) is 0 Å². The fourth-order valence-corrected chi connectivity index (χ4v) is 2.88. The summed E-state index contributed by atoms with van der Waals surface area (Å²) in [6, 6.07) is 8.32. The SMILES string of the molecule is Cc1ccccc1Cc1nc(N)nc(C2CCCC2)n1. The summed E-state index contributed by atoms with van der Waals surface area (Å²) < 4.78 is 0. The van der Waals surface area contributed by atoms with Crippen molar-refractivity contribution in [1.29, 1.82) is 0 Å². The van der Waals surface area contributed by atoms with E-state index in [4.69, 9.17) is 5.73 Å². The molecule has 0 atom stereocenters. The predicted octanol–water partition coefficient (Wildman–Crippen LogP) is 3.01. The molecule has 0 aliphatic heterocycles. The molecule has 4 heteroatoms. The van der Waals surface area contributed by atoms with E-state index in [9.17, 15) is 0 Å². The van der Waals surface area contributed by atoms with Crippen LogP contribution in [-0.4, -0.2) is 15.0 Å². The summed E-state index contributed by atoms with van der Waals surface area (Å²) in [7, 11) is 0. The molecular weight excluding hydrogens is 248 g/mol. The Kier molecular flexibility index (Phi) is 3.63. The van der Waals surface area contributed by atoms with Gasteiger partial charge in [-0.15, -0.1) is 0 Å². The van der Waals surface area contributed by atoms with Crippen molar-refractivity contribution in [3.63, 3.8) is 0 Å². The summed E-state index contributed by atoms with van der Waals surface area (Å²) in [5, 5.41) is 0. The molecule has 1 aromatic heterocycles. The van der Waals surface area contributed by atoms with Crippen LogP contribution in [0.4, 0.5) is 5.95 Å². The fourth-order valence-electron chi connectivity index (χ4n) is 2.88. The highest BCUT2D eigenvalue weighted by molar-refractivity contribution is 5.29. The van der Waals surface area contributed by atoms with Gasteiger partial charge in [0.25, 0.3) is 0 Å².